The van der Waals surface area contributed by atoms with Gasteiger partial charge in [0, 0.05) is 38.4 Å². The van der Waals surface area contributed by atoms with E-state index in [-0.39, 0.29) is 27.6 Å². The summed E-state index contributed by atoms with van der Waals surface area (Å²) in [7, 11) is 0.201. The molecular formula is C30H36N4O8S. The van der Waals surface area contributed by atoms with E-state index in [4.69, 9.17) is 24.7 Å². The van der Waals surface area contributed by atoms with Crippen LogP contribution >= 0.6 is 0 Å². The first-order valence-corrected chi connectivity index (χ1v) is 15.3. The first-order chi connectivity index (χ1) is 20.6. The molecular weight excluding hydrogens is 576 g/mol. The molecule has 0 aliphatic heterocycles. The second-order valence-electron chi connectivity index (χ2n) is 9.80. The molecule has 12 nitrogen and oxygen atoms in total. The Labute approximate surface area is 250 Å². The van der Waals surface area contributed by atoms with Crippen LogP contribution in [0.25, 0.3) is 11.0 Å². The number of benzene rings is 3. The van der Waals surface area contributed by atoms with E-state index in [0.29, 0.717) is 48.0 Å². The molecule has 0 spiro atoms. The predicted octanol–water partition coefficient (Wildman–Crippen LogP) is 4.16. The third-order valence-corrected chi connectivity index (χ3v) is 7.97. The first kappa shape index (κ1) is 31.4. The van der Waals surface area contributed by atoms with E-state index in [9.17, 15) is 18.0 Å². The highest BCUT2D eigenvalue weighted by Crippen LogP contribution is 2.38. The first-order valence-electron chi connectivity index (χ1n) is 13.8. The molecule has 0 bridgehead atoms. The van der Waals surface area contributed by atoms with Crippen molar-refractivity contribution in [2.24, 2.45) is 19.8 Å². The van der Waals surface area contributed by atoms with Gasteiger partial charge in [-0.3, -0.25) is 13.9 Å². The summed E-state index contributed by atoms with van der Waals surface area (Å²) in [5.41, 5.74) is 6.44. The van der Waals surface area contributed by atoms with E-state index in [1.807, 2.05) is 6.92 Å². The number of sulfonamides is 1. The van der Waals surface area contributed by atoms with Crippen molar-refractivity contribution >= 4 is 32.7 Å². The number of hydrogen-bond acceptors (Lipinski definition) is 9. The predicted molar refractivity (Wildman–Crippen MR) is 163 cm³/mol. The number of hydrogen-bond donors (Lipinski definition) is 2. The average Bonchev–Trinajstić information content (AvgIpc) is 3.20. The van der Waals surface area contributed by atoms with E-state index in [1.54, 1.807) is 38.4 Å². The Hall–Kier alpha value is -4.49. The molecule has 3 aromatic carbocycles. The molecule has 0 radical (unpaired) electrons. The van der Waals surface area contributed by atoms with Gasteiger partial charge in [-0.25, -0.2) is 18.0 Å². The molecule has 0 saturated heterocycles. The highest BCUT2D eigenvalue weighted by molar-refractivity contribution is 7.92. The van der Waals surface area contributed by atoms with Gasteiger partial charge in [-0.05, 0) is 50.1 Å². The van der Waals surface area contributed by atoms with Gasteiger partial charge in [-0.15, -0.1) is 0 Å². The van der Waals surface area contributed by atoms with Crippen LogP contribution in [0, 0.1) is 0 Å². The van der Waals surface area contributed by atoms with Crippen LogP contribution < -0.4 is 30.4 Å². The van der Waals surface area contributed by atoms with Crippen LogP contribution in [0.3, 0.4) is 0 Å². The number of carbonyl (C=O) groups is 1. The minimum atomic E-state index is -4.21. The van der Waals surface area contributed by atoms with Gasteiger partial charge < -0.3 is 24.7 Å². The molecule has 230 valence electrons. The van der Waals surface area contributed by atoms with Gasteiger partial charge >= 0.3 is 11.7 Å². The lowest BCUT2D eigenvalue weighted by Gasteiger charge is -2.16. The van der Waals surface area contributed by atoms with Crippen LogP contribution in [-0.4, -0.2) is 50.4 Å². The number of nitrogens with two attached hydrogens (primary N) is 1. The van der Waals surface area contributed by atoms with Gasteiger partial charge in [0.1, 0.15) is 17.2 Å². The molecule has 1 aromatic heterocycles. The van der Waals surface area contributed by atoms with Crippen LogP contribution in [0.1, 0.15) is 36.5 Å². The van der Waals surface area contributed by atoms with Gasteiger partial charge in [0.15, 0.2) is 5.75 Å². The molecule has 0 amide bonds. The van der Waals surface area contributed by atoms with E-state index in [2.05, 4.69) is 4.72 Å². The smallest absolute Gasteiger partial charge is 0.337 e. The van der Waals surface area contributed by atoms with Crippen LogP contribution in [-0.2, 0) is 28.9 Å². The number of aryl methyl sites for hydroxylation is 2. The van der Waals surface area contributed by atoms with Crippen LogP contribution in [0.4, 0.5) is 5.69 Å². The van der Waals surface area contributed by atoms with Crippen molar-refractivity contribution in [2.45, 2.75) is 31.1 Å². The Morgan fingerprint density at radius 3 is 2.21 bits per heavy atom. The maximum Gasteiger partial charge on any atom is 0.337 e. The fourth-order valence-electron chi connectivity index (χ4n) is 4.36. The zero-order valence-electron chi connectivity index (χ0n) is 24.6. The lowest BCUT2D eigenvalue weighted by Crippen LogP contribution is -2.19. The number of methoxy groups -OCH3 is 1. The van der Waals surface area contributed by atoms with Gasteiger partial charge in [0.25, 0.3) is 10.0 Å². The lowest BCUT2D eigenvalue weighted by molar-refractivity contribution is 0.0600. The fourth-order valence-corrected chi connectivity index (χ4v) is 5.46. The summed E-state index contributed by atoms with van der Waals surface area (Å²) < 4.78 is 55.2. The number of imidazole rings is 1. The minimum Gasteiger partial charge on any atom is -0.493 e. The summed E-state index contributed by atoms with van der Waals surface area (Å²) in [4.78, 5) is 24.6. The van der Waals surface area contributed by atoms with Crippen LogP contribution in [0.15, 0.2) is 64.3 Å². The van der Waals surface area contributed by atoms with Gasteiger partial charge in [0.2, 0.25) is 0 Å². The monoisotopic (exact) mass is 612 g/mol. The van der Waals surface area contributed by atoms with E-state index < -0.39 is 16.0 Å². The quantitative estimate of drug-likeness (QED) is 0.158. The molecule has 0 aliphatic rings. The van der Waals surface area contributed by atoms with Crippen molar-refractivity contribution in [1.29, 1.82) is 0 Å². The molecule has 4 aromatic rings. The molecule has 13 heteroatoms. The summed E-state index contributed by atoms with van der Waals surface area (Å²) >= 11 is 0. The maximum atomic E-state index is 13.5. The standard InChI is InChI=1S/C30H36N4O8S/c1-5-12-40-21-15-22(41-13-7-6-11-31)17-23(16-21)42-28-19-27-26(33(2)30(36)34(27)3)18-25(28)32-43(37,38)24-10-8-9-20(14-24)29(35)39-4/h8-10,14-19,32H,5-7,11-13,31H2,1-4H3. The Bertz CT molecular complexity index is 1780. The SMILES string of the molecule is CCCOc1cc(OCCCCN)cc(Oc2cc3c(cc2NS(=O)(=O)c2cccc(C(=O)OC)c2)n(C)c(=O)n3C)c1. The Kier molecular flexibility index (Phi) is 9.99. The third-order valence-electron chi connectivity index (χ3n) is 6.60. The molecule has 3 N–H and O–H groups in total. The third kappa shape index (κ3) is 7.30. The van der Waals surface area contributed by atoms with Gasteiger partial charge in [0.05, 0.1) is 47.5 Å². The zero-order valence-corrected chi connectivity index (χ0v) is 25.4. The number of aromatic nitrogens is 2. The largest absolute Gasteiger partial charge is 0.493 e. The van der Waals surface area contributed by atoms with Crippen molar-refractivity contribution in [3.8, 4) is 23.0 Å². The highest BCUT2D eigenvalue weighted by atomic mass is 32.2. The van der Waals surface area contributed by atoms with Crippen molar-refractivity contribution in [3.05, 3.63) is 70.6 Å². The number of esters is 1. The summed E-state index contributed by atoms with van der Waals surface area (Å²) in [5, 5.41) is 0. The van der Waals surface area contributed by atoms with Crippen molar-refractivity contribution in [3.63, 3.8) is 0 Å². The molecule has 43 heavy (non-hydrogen) atoms. The number of nitrogens with one attached hydrogen (secondary N) is 1. The van der Waals surface area contributed by atoms with E-state index >= 15 is 0 Å². The summed E-state index contributed by atoms with van der Waals surface area (Å²) in [5.74, 6) is 0.811. The van der Waals surface area contributed by atoms with Crippen molar-refractivity contribution in [2.75, 3.05) is 31.6 Å². The Morgan fingerprint density at radius 1 is 0.907 bits per heavy atom. The number of fused-ring (bicyclic) bond motifs is 1. The van der Waals surface area contributed by atoms with Gasteiger partial charge in [-0.1, -0.05) is 13.0 Å². The summed E-state index contributed by atoms with van der Waals surface area (Å²) in [6, 6.07) is 13.7. The molecule has 0 saturated carbocycles. The van der Waals surface area contributed by atoms with Crippen molar-refractivity contribution < 1.29 is 32.2 Å². The molecule has 4 rings (SSSR count). The minimum absolute atomic E-state index is 0.0717. The molecule has 0 aliphatic carbocycles. The molecule has 0 unspecified atom stereocenters. The second kappa shape index (κ2) is 13.7. The number of unbranched alkanes of at least 4 members (excludes halogenated alkanes) is 1. The maximum absolute atomic E-state index is 13.5. The Balaban J connectivity index is 1.78. The van der Waals surface area contributed by atoms with Crippen molar-refractivity contribution in [1.82, 2.24) is 9.13 Å². The highest BCUT2D eigenvalue weighted by Gasteiger charge is 2.22. The number of ether oxygens (including phenoxy) is 4. The lowest BCUT2D eigenvalue weighted by atomic mass is 10.2. The average molecular weight is 613 g/mol. The van der Waals surface area contributed by atoms with Crippen LogP contribution in [0.2, 0.25) is 0 Å². The number of anilines is 1. The van der Waals surface area contributed by atoms with Crippen LogP contribution in [0.5, 0.6) is 23.0 Å². The summed E-state index contributed by atoms with van der Waals surface area (Å²) in [6.45, 7) is 3.47. The van der Waals surface area contributed by atoms with E-state index in [0.717, 1.165) is 19.3 Å². The number of nitrogens with zero attached hydrogens (tertiary/aromatic N) is 2. The topological polar surface area (TPSA) is 153 Å². The number of carbonyl (C=O) groups excluding carboxylic acids is 1. The number of rotatable bonds is 14. The fraction of sp³-hybridized carbons (Fsp3) is 0.333. The molecule has 1 heterocycles. The zero-order chi connectivity index (χ0) is 31.1. The normalized spacial score (nSPS) is 11.4. The Morgan fingerprint density at radius 2 is 1.56 bits per heavy atom. The van der Waals surface area contributed by atoms with Gasteiger partial charge in [-0.2, -0.15) is 0 Å². The molecule has 0 fully saturated rings. The second-order valence-corrected chi connectivity index (χ2v) is 11.5. The molecule has 0 atom stereocenters. The van der Waals surface area contributed by atoms with E-state index in [1.165, 1.54) is 46.6 Å². The summed E-state index contributed by atoms with van der Waals surface area (Å²) in [6.07, 6.45) is 2.38.